The molecule has 0 N–H and O–H groups in total. The summed E-state index contributed by atoms with van der Waals surface area (Å²) in [5, 5.41) is 0. The molecular formula is C16H18O4. The maximum Gasteiger partial charge on any atom is 0.343 e. The fourth-order valence-electron chi connectivity index (χ4n) is 2.24. The molecule has 0 radical (unpaired) electrons. The summed E-state index contributed by atoms with van der Waals surface area (Å²) < 4.78 is 9.85. The molecule has 0 aliphatic heterocycles. The second-order valence-corrected chi connectivity index (χ2v) is 4.99. The molecule has 1 aromatic carbocycles. The Balaban J connectivity index is 2.01. The first-order valence-electron chi connectivity index (χ1n) is 6.61. The zero-order chi connectivity index (χ0) is 14.5. The predicted molar refractivity (Wildman–Crippen MR) is 74.5 cm³/mol. The van der Waals surface area contributed by atoms with Crippen molar-refractivity contribution in [2.24, 2.45) is 5.92 Å². The molecule has 0 fully saturated rings. The quantitative estimate of drug-likeness (QED) is 0.773. The Morgan fingerprint density at radius 1 is 1.40 bits per heavy atom. The minimum absolute atomic E-state index is 0.112. The Morgan fingerprint density at radius 3 is 2.85 bits per heavy atom. The molecule has 4 nitrogen and oxygen atoms in total. The van der Waals surface area contributed by atoms with Crippen LogP contribution in [-0.2, 0) is 20.7 Å². The Morgan fingerprint density at radius 2 is 2.20 bits per heavy atom. The summed E-state index contributed by atoms with van der Waals surface area (Å²) in [6.07, 6.45) is 3.25. The topological polar surface area (TPSA) is 52.6 Å². The Kier molecular flexibility index (Phi) is 4.56. The van der Waals surface area contributed by atoms with Gasteiger partial charge in [-0.1, -0.05) is 25.1 Å². The molecule has 20 heavy (non-hydrogen) atoms. The minimum atomic E-state index is -0.419. The molecule has 0 heterocycles. The Labute approximate surface area is 118 Å². The van der Waals surface area contributed by atoms with Gasteiger partial charge < -0.3 is 9.47 Å². The van der Waals surface area contributed by atoms with Gasteiger partial charge in [-0.25, -0.2) is 4.79 Å². The van der Waals surface area contributed by atoms with E-state index in [1.165, 1.54) is 7.11 Å². The third-order valence-corrected chi connectivity index (χ3v) is 3.23. The van der Waals surface area contributed by atoms with E-state index in [4.69, 9.17) is 4.74 Å². The van der Waals surface area contributed by atoms with Gasteiger partial charge in [0.15, 0.2) is 12.4 Å². The van der Waals surface area contributed by atoms with Crippen LogP contribution in [0, 0.1) is 5.92 Å². The fourth-order valence-corrected chi connectivity index (χ4v) is 2.24. The third-order valence-electron chi connectivity index (χ3n) is 3.23. The van der Waals surface area contributed by atoms with Crippen molar-refractivity contribution in [1.29, 1.82) is 0 Å². The number of methoxy groups -OCH3 is 1. The van der Waals surface area contributed by atoms with Crippen LogP contribution >= 0.6 is 0 Å². The summed E-state index contributed by atoms with van der Waals surface area (Å²) in [5.74, 6) is 0.736. The first kappa shape index (κ1) is 14.3. The third kappa shape index (κ3) is 3.70. The molecule has 1 aliphatic rings. The normalized spacial score (nSPS) is 17.8. The highest BCUT2D eigenvalue weighted by Gasteiger charge is 2.20. The lowest BCUT2D eigenvalue weighted by atomic mass is 10.0. The predicted octanol–water partition coefficient (Wildman–Crippen LogP) is 2.32. The monoisotopic (exact) mass is 274 g/mol. The zero-order valence-corrected chi connectivity index (χ0v) is 11.7. The number of ketones is 1. The summed E-state index contributed by atoms with van der Waals surface area (Å²) >= 11 is 0. The van der Waals surface area contributed by atoms with E-state index in [1.54, 1.807) is 6.07 Å². The van der Waals surface area contributed by atoms with Gasteiger partial charge in [-0.05, 0) is 29.2 Å². The molecule has 1 aliphatic carbocycles. The SMILES string of the molecule is COC(=O)COc1cccc(CC2=C[C@H](C)CC2=O)c1. The number of esters is 1. The number of benzene rings is 1. The van der Waals surface area contributed by atoms with E-state index < -0.39 is 5.97 Å². The number of hydrogen-bond acceptors (Lipinski definition) is 4. The second kappa shape index (κ2) is 6.37. The number of hydrogen-bond donors (Lipinski definition) is 0. The molecule has 0 aromatic heterocycles. The highest BCUT2D eigenvalue weighted by atomic mass is 16.6. The largest absolute Gasteiger partial charge is 0.482 e. The summed E-state index contributed by atoms with van der Waals surface area (Å²) in [7, 11) is 1.32. The van der Waals surface area contributed by atoms with Crippen molar-refractivity contribution in [3.8, 4) is 5.75 Å². The highest BCUT2D eigenvalue weighted by Crippen LogP contribution is 2.24. The van der Waals surface area contributed by atoms with Gasteiger partial charge in [-0.3, -0.25) is 4.79 Å². The van der Waals surface area contributed by atoms with Gasteiger partial charge in [0, 0.05) is 12.8 Å². The van der Waals surface area contributed by atoms with Gasteiger partial charge in [0.2, 0.25) is 0 Å². The van der Waals surface area contributed by atoms with Crippen LogP contribution in [0.25, 0.3) is 0 Å². The number of allylic oxidation sites excluding steroid dienone is 2. The molecule has 1 atom stereocenters. The number of rotatable bonds is 5. The van der Waals surface area contributed by atoms with Crippen molar-refractivity contribution in [1.82, 2.24) is 0 Å². The first-order chi connectivity index (χ1) is 9.58. The van der Waals surface area contributed by atoms with Gasteiger partial charge in [0.25, 0.3) is 0 Å². The Bertz CT molecular complexity index is 545. The molecule has 0 saturated carbocycles. The number of carbonyl (C=O) groups is 2. The molecule has 106 valence electrons. The standard InChI is InChI=1S/C16H18O4/c1-11-6-13(15(17)7-11)8-12-4-3-5-14(9-12)20-10-16(18)19-2/h3-6,9,11H,7-8,10H2,1-2H3/t11-/m0/s1. The van der Waals surface area contributed by atoms with Crippen molar-refractivity contribution in [3.05, 3.63) is 41.5 Å². The molecule has 0 amide bonds. The molecule has 4 heteroatoms. The zero-order valence-electron chi connectivity index (χ0n) is 11.7. The summed E-state index contributed by atoms with van der Waals surface area (Å²) in [6.45, 7) is 1.93. The van der Waals surface area contributed by atoms with E-state index in [-0.39, 0.29) is 12.4 Å². The van der Waals surface area contributed by atoms with Crippen LogP contribution in [0.15, 0.2) is 35.9 Å². The van der Waals surface area contributed by atoms with Gasteiger partial charge in [0.1, 0.15) is 5.75 Å². The van der Waals surface area contributed by atoms with Gasteiger partial charge in [-0.2, -0.15) is 0 Å². The van der Waals surface area contributed by atoms with E-state index in [1.807, 2.05) is 31.2 Å². The van der Waals surface area contributed by atoms with Crippen molar-refractivity contribution in [2.45, 2.75) is 19.8 Å². The van der Waals surface area contributed by atoms with E-state index in [0.717, 1.165) is 11.1 Å². The van der Waals surface area contributed by atoms with Crippen LogP contribution in [0.2, 0.25) is 0 Å². The fraction of sp³-hybridized carbons (Fsp3) is 0.375. The lowest BCUT2D eigenvalue weighted by Crippen LogP contribution is -2.12. The van der Waals surface area contributed by atoms with E-state index in [0.29, 0.717) is 24.5 Å². The van der Waals surface area contributed by atoms with Gasteiger partial charge in [-0.15, -0.1) is 0 Å². The van der Waals surface area contributed by atoms with Crippen LogP contribution < -0.4 is 4.74 Å². The van der Waals surface area contributed by atoms with Gasteiger partial charge in [0.05, 0.1) is 7.11 Å². The summed E-state index contributed by atoms with van der Waals surface area (Å²) in [4.78, 5) is 22.8. The van der Waals surface area contributed by atoms with E-state index in [9.17, 15) is 9.59 Å². The average molecular weight is 274 g/mol. The summed E-state index contributed by atoms with van der Waals surface area (Å²) in [5.41, 5.74) is 1.86. The summed E-state index contributed by atoms with van der Waals surface area (Å²) in [6, 6.07) is 7.42. The molecule has 0 unspecified atom stereocenters. The second-order valence-electron chi connectivity index (χ2n) is 4.99. The van der Waals surface area contributed by atoms with Crippen LogP contribution in [0.3, 0.4) is 0 Å². The lowest BCUT2D eigenvalue weighted by molar-refractivity contribution is -0.142. The number of Topliss-reactive ketones (excluding diaryl/α,β-unsaturated/α-hetero) is 1. The highest BCUT2D eigenvalue weighted by molar-refractivity contribution is 5.98. The maximum atomic E-state index is 11.8. The van der Waals surface area contributed by atoms with Crippen molar-refractivity contribution in [3.63, 3.8) is 0 Å². The molecule has 2 rings (SSSR count). The lowest BCUT2D eigenvalue weighted by Gasteiger charge is -2.07. The van der Waals surface area contributed by atoms with Crippen LogP contribution in [0.4, 0.5) is 0 Å². The Hall–Kier alpha value is -2.10. The molecule has 0 saturated heterocycles. The van der Waals surface area contributed by atoms with Crippen molar-refractivity contribution in [2.75, 3.05) is 13.7 Å². The molecule has 0 bridgehead atoms. The first-order valence-corrected chi connectivity index (χ1v) is 6.61. The average Bonchev–Trinajstić information content (AvgIpc) is 2.74. The number of ether oxygens (including phenoxy) is 2. The molecule has 0 spiro atoms. The number of carbonyl (C=O) groups excluding carboxylic acids is 2. The van der Waals surface area contributed by atoms with Crippen LogP contribution in [0.5, 0.6) is 5.75 Å². The van der Waals surface area contributed by atoms with Crippen LogP contribution in [-0.4, -0.2) is 25.5 Å². The van der Waals surface area contributed by atoms with Crippen LogP contribution in [0.1, 0.15) is 18.9 Å². The van der Waals surface area contributed by atoms with Crippen molar-refractivity contribution < 1.29 is 19.1 Å². The minimum Gasteiger partial charge on any atom is -0.482 e. The molecular weight excluding hydrogens is 256 g/mol. The smallest absolute Gasteiger partial charge is 0.343 e. The molecule has 1 aromatic rings. The van der Waals surface area contributed by atoms with Gasteiger partial charge >= 0.3 is 5.97 Å². The maximum absolute atomic E-state index is 11.8. The van der Waals surface area contributed by atoms with Crippen molar-refractivity contribution >= 4 is 11.8 Å². The van der Waals surface area contributed by atoms with E-state index in [2.05, 4.69) is 4.74 Å². The van der Waals surface area contributed by atoms with E-state index >= 15 is 0 Å².